The molecule has 1 amide bonds. The molecule has 2 fully saturated rings. The molecule has 8 nitrogen and oxygen atoms in total. The topological polar surface area (TPSA) is 106 Å². The molecule has 1 aromatic rings. The van der Waals surface area contributed by atoms with E-state index in [9.17, 15) is 14.9 Å². The van der Waals surface area contributed by atoms with Gasteiger partial charge in [0.25, 0.3) is 5.91 Å². The number of amides is 1. The van der Waals surface area contributed by atoms with Crippen LogP contribution < -0.4 is 20.9 Å². The molecule has 3 rings (SSSR count). The minimum absolute atomic E-state index is 0.0466. The molecule has 0 saturated heterocycles. The Labute approximate surface area is 150 Å². The second kappa shape index (κ2) is 7.64. The minimum atomic E-state index is -0.556. The summed E-state index contributed by atoms with van der Waals surface area (Å²) in [5.74, 6) is 1.04. The predicted molar refractivity (Wildman–Crippen MR) is 94.8 cm³/mol. The van der Waals surface area contributed by atoms with Gasteiger partial charge in [0.1, 0.15) is 0 Å². The molecule has 2 bridgehead atoms. The van der Waals surface area contributed by atoms with Crippen LogP contribution in [0.4, 0.5) is 5.69 Å². The molecule has 2 saturated carbocycles. The number of hydrogen-bond acceptors (Lipinski definition) is 5. The van der Waals surface area contributed by atoms with Crippen LogP contribution in [0.25, 0.3) is 0 Å². The van der Waals surface area contributed by atoms with Gasteiger partial charge in [0.2, 0.25) is 0 Å². The van der Waals surface area contributed by atoms with Crippen molar-refractivity contribution in [1.82, 2.24) is 16.2 Å². The number of thiocarbonyl (C=S) groups is 1. The SMILES string of the molecule is O=C(COc1ccccc1[N+](=O)[O-])NNC(=S)N[C@@H]1C[C@H]2CC[C@@H]1C2. The van der Waals surface area contributed by atoms with Crippen LogP contribution in [0, 0.1) is 22.0 Å². The molecule has 1 aromatic carbocycles. The molecule has 9 heteroatoms. The van der Waals surface area contributed by atoms with Gasteiger partial charge >= 0.3 is 5.69 Å². The number of benzene rings is 1. The zero-order valence-electron chi connectivity index (χ0n) is 13.6. The van der Waals surface area contributed by atoms with Crippen molar-refractivity contribution >= 4 is 28.9 Å². The first-order chi connectivity index (χ1) is 12.0. The van der Waals surface area contributed by atoms with Crippen LogP contribution in [0.3, 0.4) is 0 Å². The van der Waals surface area contributed by atoms with Crippen molar-refractivity contribution < 1.29 is 14.5 Å². The maximum Gasteiger partial charge on any atom is 0.310 e. The maximum atomic E-state index is 11.8. The third-order valence-electron chi connectivity index (χ3n) is 4.79. The van der Waals surface area contributed by atoms with Crippen molar-refractivity contribution in [3.8, 4) is 5.75 Å². The van der Waals surface area contributed by atoms with Crippen molar-refractivity contribution in [2.45, 2.75) is 31.7 Å². The number of ether oxygens (including phenoxy) is 1. The molecule has 2 aliphatic carbocycles. The first kappa shape index (κ1) is 17.4. The fourth-order valence-electron chi connectivity index (χ4n) is 3.66. The van der Waals surface area contributed by atoms with Crippen LogP contribution in [0.5, 0.6) is 5.75 Å². The summed E-state index contributed by atoms with van der Waals surface area (Å²) < 4.78 is 5.21. The van der Waals surface area contributed by atoms with Gasteiger partial charge in [-0.2, -0.15) is 0 Å². The fraction of sp³-hybridized carbons (Fsp3) is 0.500. The van der Waals surface area contributed by atoms with Crippen molar-refractivity contribution in [1.29, 1.82) is 0 Å². The lowest BCUT2D eigenvalue weighted by molar-refractivity contribution is -0.385. The van der Waals surface area contributed by atoms with E-state index in [-0.39, 0.29) is 18.0 Å². The van der Waals surface area contributed by atoms with Crippen LogP contribution >= 0.6 is 12.2 Å². The van der Waals surface area contributed by atoms with Gasteiger partial charge in [0.15, 0.2) is 17.5 Å². The molecule has 25 heavy (non-hydrogen) atoms. The molecule has 0 radical (unpaired) electrons. The van der Waals surface area contributed by atoms with Crippen LogP contribution in [-0.2, 0) is 4.79 Å². The van der Waals surface area contributed by atoms with Crippen LogP contribution in [0.1, 0.15) is 25.7 Å². The lowest BCUT2D eigenvalue weighted by Crippen LogP contribution is -2.51. The molecule has 0 aliphatic heterocycles. The van der Waals surface area contributed by atoms with Gasteiger partial charge in [-0.3, -0.25) is 25.8 Å². The highest BCUT2D eigenvalue weighted by Crippen LogP contribution is 2.44. The highest BCUT2D eigenvalue weighted by atomic mass is 32.1. The average molecular weight is 364 g/mol. The number of hydrazine groups is 1. The standard InChI is InChI=1S/C16H20N4O4S/c21-15(9-24-14-4-2-1-3-13(14)20(22)23)18-19-16(25)17-12-8-10-5-6-11(12)7-10/h1-4,10-12H,5-9H2,(H,18,21)(H2,17,19,25)/t10-,11+,12+/m0/s1. The average Bonchev–Trinajstić information content (AvgIpc) is 3.21. The number of hydrogen-bond donors (Lipinski definition) is 3. The van der Waals surface area contributed by atoms with E-state index in [2.05, 4.69) is 16.2 Å². The number of nitro groups is 1. The number of carbonyl (C=O) groups is 1. The number of carbonyl (C=O) groups excluding carboxylic acids is 1. The van der Waals surface area contributed by atoms with Gasteiger partial charge in [0.05, 0.1) is 4.92 Å². The molecule has 0 aromatic heterocycles. The second-order valence-electron chi connectivity index (χ2n) is 6.44. The number of nitrogens with zero attached hydrogens (tertiary/aromatic N) is 1. The van der Waals surface area contributed by atoms with E-state index in [1.165, 1.54) is 37.5 Å². The Morgan fingerprint density at radius 2 is 2.08 bits per heavy atom. The zero-order valence-corrected chi connectivity index (χ0v) is 14.4. The summed E-state index contributed by atoms with van der Waals surface area (Å²) in [4.78, 5) is 22.1. The van der Waals surface area contributed by atoms with Crippen molar-refractivity contribution in [3.05, 3.63) is 34.4 Å². The lowest BCUT2D eigenvalue weighted by atomic mass is 9.96. The van der Waals surface area contributed by atoms with Crippen LogP contribution in [0.15, 0.2) is 24.3 Å². The molecule has 0 heterocycles. The number of nitrogens with one attached hydrogen (secondary N) is 3. The van der Waals surface area contributed by atoms with Gasteiger partial charge in [-0.25, -0.2) is 0 Å². The van der Waals surface area contributed by atoms with Crippen LogP contribution in [0.2, 0.25) is 0 Å². The highest BCUT2D eigenvalue weighted by Gasteiger charge is 2.39. The number of nitro benzene ring substituents is 1. The Hall–Kier alpha value is -2.42. The van der Waals surface area contributed by atoms with E-state index in [4.69, 9.17) is 17.0 Å². The summed E-state index contributed by atoms with van der Waals surface area (Å²) in [5.41, 5.74) is 4.90. The normalized spacial score (nSPS) is 23.8. The quantitative estimate of drug-likeness (QED) is 0.414. The van der Waals surface area contributed by atoms with E-state index < -0.39 is 10.8 Å². The third kappa shape index (κ3) is 4.36. The highest BCUT2D eigenvalue weighted by molar-refractivity contribution is 7.80. The summed E-state index contributed by atoms with van der Waals surface area (Å²) in [6, 6.07) is 6.28. The van der Waals surface area contributed by atoms with E-state index in [1.54, 1.807) is 6.07 Å². The molecule has 2 aliphatic rings. The second-order valence-corrected chi connectivity index (χ2v) is 6.85. The lowest BCUT2D eigenvalue weighted by Gasteiger charge is -2.24. The van der Waals surface area contributed by atoms with Gasteiger partial charge in [-0.1, -0.05) is 18.6 Å². The first-order valence-corrected chi connectivity index (χ1v) is 8.65. The number of para-hydroxylation sites is 2. The largest absolute Gasteiger partial charge is 0.477 e. The van der Waals surface area contributed by atoms with Crippen molar-refractivity contribution in [2.75, 3.05) is 6.61 Å². The van der Waals surface area contributed by atoms with Crippen LogP contribution in [-0.4, -0.2) is 28.6 Å². The molecule has 3 atom stereocenters. The minimum Gasteiger partial charge on any atom is -0.477 e. The van der Waals surface area contributed by atoms with Gasteiger partial charge in [-0.05, 0) is 49.4 Å². The summed E-state index contributed by atoms with van der Waals surface area (Å²) in [7, 11) is 0. The molecular formula is C16H20N4O4S. The van der Waals surface area contributed by atoms with E-state index in [0.717, 1.165) is 12.3 Å². The smallest absolute Gasteiger partial charge is 0.310 e. The number of rotatable bonds is 5. The fourth-order valence-corrected chi connectivity index (χ4v) is 3.86. The van der Waals surface area contributed by atoms with E-state index in [1.807, 2.05) is 0 Å². The Balaban J connectivity index is 1.39. The Morgan fingerprint density at radius 1 is 1.28 bits per heavy atom. The zero-order chi connectivity index (χ0) is 17.8. The van der Waals surface area contributed by atoms with Crippen molar-refractivity contribution in [2.24, 2.45) is 11.8 Å². The molecule has 0 unspecified atom stereocenters. The summed E-state index contributed by atoms with van der Waals surface area (Å²) in [5, 5.41) is 14.5. The first-order valence-electron chi connectivity index (χ1n) is 8.24. The van der Waals surface area contributed by atoms with Gasteiger partial charge in [-0.15, -0.1) is 0 Å². The molecule has 0 spiro atoms. The summed E-state index contributed by atoms with van der Waals surface area (Å²) >= 11 is 5.19. The van der Waals surface area contributed by atoms with E-state index >= 15 is 0 Å². The maximum absolute atomic E-state index is 11.8. The molecular weight excluding hydrogens is 344 g/mol. The summed E-state index contributed by atoms with van der Waals surface area (Å²) in [6.45, 7) is -0.353. The van der Waals surface area contributed by atoms with Crippen molar-refractivity contribution in [3.63, 3.8) is 0 Å². The Kier molecular flexibility index (Phi) is 5.32. The van der Waals surface area contributed by atoms with E-state index in [0.29, 0.717) is 17.1 Å². The third-order valence-corrected chi connectivity index (χ3v) is 5.01. The molecule has 3 N–H and O–H groups in total. The van der Waals surface area contributed by atoms with Gasteiger partial charge in [0, 0.05) is 12.1 Å². The van der Waals surface area contributed by atoms with Gasteiger partial charge < -0.3 is 10.1 Å². The predicted octanol–water partition coefficient (Wildman–Crippen LogP) is 1.66. The monoisotopic (exact) mass is 364 g/mol. The molecule has 134 valence electrons. The summed E-state index contributed by atoms with van der Waals surface area (Å²) in [6.07, 6.45) is 4.93. The Bertz CT molecular complexity index is 684. The Morgan fingerprint density at radius 3 is 2.76 bits per heavy atom. The number of fused-ring (bicyclic) bond motifs is 2.